The maximum absolute atomic E-state index is 13.0. The van der Waals surface area contributed by atoms with Crippen molar-refractivity contribution in [2.75, 3.05) is 11.4 Å². The Kier molecular flexibility index (Phi) is 5.80. The molecule has 0 heterocycles. The minimum Gasteiger partial charge on any atom is -0.348 e. The number of carbonyl (C=O) groups excluding carboxylic acids is 1. The summed E-state index contributed by atoms with van der Waals surface area (Å²) in [6.07, 6.45) is 0. The summed E-state index contributed by atoms with van der Waals surface area (Å²) in [7, 11) is -2.27. The fraction of sp³-hybridized carbons (Fsp3) is 0.136. The van der Waals surface area contributed by atoms with Crippen LogP contribution in [0.25, 0.3) is 0 Å². The minimum atomic E-state index is -3.78. The van der Waals surface area contributed by atoms with E-state index in [0.717, 1.165) is 11.1 Å². The van der Waals surface area contributed by atoms with Gasteiger partial charge in [-0.1, -0.05) is 54.6 Å². The zero-order valence-corrected chi connectivity index (χ0v) is 16.6. The van der Waals surface area contributed by atoms with Crippen molar-refractivity contribution < 1.29 is 13.2 Å². The minimum absolute atomic E-state index is 0.0746. The number of nitrogens with one attached hydrogen (secondary N) is 1. The molecule has 0 saturated carbocycles. The van der Waals surface area contributed by atoms with Gasteiger partial charge in [0.05, 0.1) is 10.6 Å². The zero-order valence-electron chi connectivity index (χ0n) is 15.8. The van der Waals surface area contributed by atoms with E-state index in [4.69, 9.17) is 0 Å². The van der Waals surface area contributed by atoms with Crippen LogP contribution in [0, 0.1) is 6.92 Å². The van der Waals surface area contributed by atoms with Crippen LogP contribution in [0.2, 0.25) is 0 Å². The van der Waals surface area contributed by atoms with Gasteiger partial charge in [0.1, 0.15) is 0 Å². The number of amides is 1. The van der Waals surface area contributed by atoms with Gasteiger partial charge >= 0.3 is 0 Å². The van der Waals surface area contributed by atoms with E-state index >= 15 is 0 Å². The average Bonchev–Trinajstić information content (AvgIpc) is 2.72. The van der Waals surface area contributed by atoms with Crippen LogP contribution >= 0.6 is 0 Å². The normalized spacial score (nSPS) is 11.1. The van der Waals surface area contributed by atoms with Gasteiger partial charge < -0.3 is 5.32 Å². The lowest BCUT2D eigenvalue weighted by molar-refractivity contribution is 0.0950. The molecular formula is C22H22N2O3S. The molecule has 0 aromatic heterocycles. The van der Waals surface area contributed by atoms with Crippen LogP contribution in [0.3, 0.4) is 0 Å². The standard InChI is InChI=1S/C22H22N2O3S/c1-17-9-6-7-14-21(17)24(2)28(26,27)20-13-8-12-19(15-20)22(25)23-16-18-10-4-3-5-11-18/h3-15H,16H2,1-2H3,(H,23,25). The SMILES string of the molecule is Cc1ccccc1N(C)S(=O)(=O)c1cccc(C(=O)NCc2ccccc2)c1. The molecule has 28 heavy (non-hydrogen) atoms. The second-order valence-electron chi connectivity index (χ2n) is 6.46. The highest BCUT2D eigenvalue weighted by atomic mass is 32.2. The van der Waals surface area contributed by atoms with Crippen LogP contribution in [0.4, 0.5) is 5.69 Å². The molecule has 3 aromatic carbocycles. The molecule has 1 amide bonds. The average molecular weight is 394 g/mol. The van der Waals surface area contributed by atoms with E-state index in [2.05, 4.69) is 5.32 Å². The van der Waals surface area contributed by atoms with Crippen molar-refractivity contribution in [3.8, 4) is 0 Å². The van der Waals surface area contributed by atoms with Crippen molar-refractivity contribution in [1.29, 1.82) is 0 Å². The largest absolute Gasteiger partial charge is 0.348 e. The van der Waals surface area contributed by atoms with Crippen LogP contribution in [-0.4, -0.2) is 21.4 Å². The third-order valence-electron chi connectivity index (χ3n) is 4.51. The molecule has 0 aliphatic heterocycles. The Morgan fingerprint density at radius 3 is 2.32 bits per heavy atom. The first-order valence-electron chi connectivity index (χ1n) is 8.86. The third kappa shape index (κ3) is 4.23. The number of sulfonamides is 1. The molecule has 0 spiro atoms. The summed E-state index contributed by atoms with van der Waals surface area (Å²) in [5.74, 6) is -0.320. The molecule has 0 aliphatic carbocycles. The number of para-hydroxylation sites is 1. The van der Waals surface area contributed by atoms with Gasteiger partial charge in [-0.15, -0.1) is 0 Å². The van der Waals surface area contributed by atoms with E-state index in [1.54, 1.807) is 24.3 Å². The fourth-order valence-electron chi connectivity index (χ4n) is 2.88. The Labute approximate surface area is 165 Å². The number of rotatable bonds is 6. The van der Waals surface area contributed by atoms with E-state index in [1.807, 2.05) is 49.4 Å². The van der Waals surface area contributed by atoms with Gasteiger partial charge in [0, 0.05) is 19.2 Å². The molecule has 0 saturated heterocycles. The monoisotopic (exact) mass is 394 g/mol. The lowest BCUT2D eigenvalue weighted by Gasteiger charge is -2.21. The van der Waals surface area contributed by atoms with Gasteiger partial charge in [-0.2, -0.15) is 0 Å². The van der Waals surface area contributed by atoms with Gasteiger partial charge in [-0.3, -0.25) is 9.10 Å². The number of anilines is 1. The number of hydrogen-bond donors (Lipinski definition) is 1. The summed E-state index contributed by atoms with van der Waals surface area (Å²) in [6, 6.07) is 22.9. The Hall–Kier alpha value is -3.12. The molecule has 144 valence electrons. The van der Waals surface area contributed by atoms with Crippen molar-refractivity contribution >= 4 is 21.6 Å². The van der Waals surface area contributed by atoms with E-state index < -0.39 is 10.0 Å². The molecule has 0 unspecified atom stereocenters. The van der Waals surface area contributed by atoms with Gasteiger partial charge in [-0.25, -0.2) is 8.42 Å². The highest BCUT2D eigenvalue weighted by Gasteiger charge is 2.23. The van der Waals surface area contributed by atoms with Gasteiger partial charge in [0.25, 0.3) is 15.9 Å². The second-order valence-corrected chi connectivity index (χ2v) is 8.42. The highest BCUT2D eigenvalue weighted by Crippen LogP contribution is 2.25. The molecule has 6 heteroatoms. The van der Waals surface area contributed by atoms with Crippen LogP contribution in [0.5, 0.6) is 0 Å². The summed E-state index contributed by atoms with van der Waals surface area (Å²) in [5.41, 5.74) is 2.72. The van der Waals surface area contributed by atoms with Crippen LogP contribution < -0.4 is 9.62 Å². The Morgan fingerprint density at radius 2 is 1.61 bits per heavy atom. The maximum Gasteiger partial charge on any atom is 0.264 e. The van der Waals surface area contributed by atoms with Crippen LogP contribution in [0.15, 0.2) is 83.8 Å². The van der Waals surface area contributed by atoms with Gasteiger partial charge in [0.2, 0.25) is 0 Å². The molecule has 3 aromatic rings. The zero-order chi connectivity index (χ0) is 20.1. The predicted molar refractivity (Wildman–Crippen MR) is 111 cm³/mol. The van der Waals surface area contributed by atoms with Crippen molar-refractivity contribution in [2.24, 2.45) is 0 Å². The molecule has 0 radical (unpaired) electrons. The molecule has 0 bridgehead atoms. The van der Waals surface area contributed by atoms with Gasteiger partial charge in [0.15, 0.2) is 0 Å². The summed E-state index contributed by atoms with van der Waals surface area (Å²) in [4.78, 5) is 12.5. The summed E-state index contributed by atoms with van der Waals surface area (Å²) >= 11 is 0. The predicted octanol–water partition coefficient (Wildman–Crippen LogP) is 3.75. The summed E-state index contributed by atoms with van der Waals surface area (Å²) < 4.78 is 27.3. The van der Waals surface area contributed by atoms with Crippen molar-refractivity contribution in [3.63, 3.8) is 0 Å². The Bertz CT molecular complexity index is 1080. The van der Waals surface area contributed by atoms with Crippen molar-refractivity contribution in [1.82, 2.24) is 5.32 Å². The molecule has 1 N–H and O–H groups in total. The van der Waals surface area contributed by atoms with Crippen molar-refractivity contribution in [2.45, 2.75) is 18.4 Å². The lowest BCUT2D eigenvalue weighted by Crippen LogP contribution is -2.28. The number of benzene rings is 3. The summed E-state index contributed by atoms with van der Waals surface area (Å²) in [5, 5.41) is 2.82. The van der Waals surface area contributed by atoms with E-state index in [0.29, 0.717) is 17.8 Å². The Morgan fingerprint density at radius 1 is 0.929 bits per heavy atom. The molecule has 0 aliphatic rings. The van der Waals surface area contributed by atoms with Crippen LogP contribution in [-0.2, 0) is 16.6 Å². The molecule has 3 rings (SSSR count). The molecule has 0 fully saturated rings. The topological polar surface area (TPSA) is 66.5 Å². The second kappa shape index (κ2) is 8.27. The first-order valence-corrected chi connectivity index (χ1v) is 10.3. The maximum atomic E-state index is 13.0. The molecule has 0 atom stereocenters. The first kappa shape index (κ1) is 19.6. The van der Waals surface area contributed by atoms with Gasteiger partial charge in [-0.05, 0) is 42.3 Å². The number of aryl methyl sites for hydroxylation is 1. The van der Waals surface area contributed by atoms with Crippen molar-refractivity contribution in [3.05, 3.63) is 95.6 Å². The third-order valence-corrected chi connectivity index (χ3v) is 6.27. The smallest absolute Gasteiger partial charge is 0.264 e. The number of hydrogen-bond acceptors (Lipinski definition) is 3. The fourth-order valence-corrected chi connectivity index (χ4v) is 4.19. The summed E-state index contributed by atoms with van der Waals surface area (Å²) in [6.45, 7) is 2.23. The first-order chi connectivity index (χ1) is 13.4. The highest BCUT2D eigenvalue weighted by molar-refractivity contribution is 7.92. The number of nitrogens with zero attached hydrogens (tertiary/aromatic N) is 1. The Balaban J connectivity index is 1.82. The van der Waals surface area contributed by atoms with E-state index in [-0.39, 0.29) is 10.8 Å². The number of carbonyl (C=O) groups is 1. The van der Waals surface area contributed by atoms with Crippen LogP contribution in [0.1, 0.15) is 21.5 Å². The molecular weight excluding hydrogens is 372 g/mol. The lowest BCUT2D eigenvalue weighted by atomic mass is 10.2. The molecule has 5 nitrogen and oxygen atoms in total. The quantitative estimate of drug-likeness (QED) is 0.692. The van der Waals surface area contributed by atoms with E-state index in [1.165, 1.54) is 23.5 Å². The van der Waals surface area contributed by atoms with E-state index in [9.17, 15) is 13.2 Å².